The first-order valence-electron chi connectivity index (χ1n) is 6.96. The van der Waals surface area contributed by atoms with Crippen LogP contribution in [0.4, 0.5) is 10.2 Å². The highest BCUT2D eigenvalue weighted by molar-refractivity contribution is 5.98. The fraction of sp³-hybridized carbons (Fsp3) is 0.571. The molecule has 1 saturated heterocycles. The molecule has 0 saturated carbocycles. The lowest BCUT2D eigenvalue weighted by atomic mass is 10.1. The van der Waals surface area contributed by atoms with Gasteiger partial charge in [0.05, 0.1) is 11.8 Å². The minimum Gasteiger partial charge on any atom is -0.370 e. The van der Waals surface area contributed by atoms with Crippen LogP contribution in [0.15, 0.2) is 12.3 Å². The lowest BCUT2D eigenvalue weighted by Crippen LogP contribution is -2.31. The molecule has 6 heteroatoms. The van der Waals surface area contributed by atoms with E-state index in [4.69, 9.17) is 0 Å². The van der Waals surface area contributed by atoms with Crippen molar-refractivity contribution in [3.8, 4) is 0 Å². The van der Waals surface area contributed by atoms with Crippen molar-refractivity contribution >= 4 is 11.7 Å². The summed E-state index contributed by atoms with van der Waals surface area (Å²) in [4.78, 5) is 18.3. The Kier molecular flexibility index (Phi) is 4.89. The standard InChI is InChI=1S/C14H21FN4O/c1-3-16-13-12(6-11(15)8-17-13)14(20)18-7-10-4-5-19(2)9-10/h6,8,10H,3-5,7,9H2,1-2H3,(H,16,17)(H,18,20). The molecule has 2 N–H and O–H groups in total. The van der Waals surface area contributed by atoms with Crippen LogP contribution in [-0.4, -0.2) is 49.0 Å². The van der Waals surface area contributed by atoms with E-state index in [0.717, 1.165) is 25.7 Å². The van der Waals surface area contributed by atoms with E-state index >= 15 is 0 Å². The lowest BCUT2D eigenvalue weighted by molar-refractivity contribution is 0.0947. The summed E-state index contributed by atoms with van der Waals surface area (Å²) in [6.07, 6.45) is 2.19. The van der Waals surface area contributed by atoms with E-state index in [1.165, 1.54) is 6.07 Å². The molecule has 20 heavy (non-hydrogen) atoms. The monoisotopic (exact) mass is 280 g/mol. The van der Waals surface area contributed by atoms with Crippen LogP contribution < -0.4 is 10.6 Å². The zero-order valence-corrected chi connectivity index (χ0v) is 11.9. The van der Waals surface area contributed by atoms with Gasteiger partial charge in [0, 0.05) is 19.6 Å². The Morgan fingerprint density at radius 2 is 2.40 bits per heavy atom. The smallest absolute Gasteiger partial charge is 0.255 e. The highest BCUT2D eigenvalue weighted by atomic mass is 19.1. The van der Waals surface area contributed by atoms with E-state index in [0.29, 0.717) is 24.8 Å². The lowest BCUT2D eigenvalue weighted by Gasteiger charge is -2.13. The van der Waals surface area contributed by atoms with Crippen LogP contribution in [0.25, 0.3) is 0 Å². The Balaban J connectivity index is 1.99. The number of carbonyl (C=O) groups is 1. The molecule has 1 fully saturated rings. The number of amides is 1. The third-order valence-electron chi connectivity index (χ3n) is 3.48. The van der Waals surface area contributed by atoms with E-state index in [2.05, 4.69) is 27.6 Å². The number of hydrogen-bond acceptors (Lipinski definition) is 4. The molecular formula is C14H21FN4O. The minimum atomic E-state index is -0.502. The first-order valence-corrected chi connectivity index (χ1v) is 6.96. The molecule has 0 bridgehead atoms. The number of likely N-dealkylation sites (tertiary alicyclic amines) is 1. The number of anilines is 1. The van der Waals surface area contributed by atoms with Crippen molar-refractivity contribution in [3.05, 3.63) is 23.6 Å². The van der Waals surface area contributed by atoms with Crippen molar-refractivity contribution < 1.29 is 9.18 Å². The largest absolute Gasteiger partial charge is 0.370 e. The number of nitrogens with zero attached hydrogens (tertiary/aromatic N) is 2. The van der Waals surface area contributed by atoms with Gasteiger partial charge < -0.3 is 15.5 Å². The highest BCUT2D eigenvalue weighted by Gasteiger charge is 2.21. The molecule has 2 heterocycles. The quantitative estimate of drug-likeness (QED) is 0.854. The fourth-order valence-corrected chi connectivity index (χ4v) is 2.45. The zero-order valence-electron chi connectivity index (χ0n) is 11.9. The Morgan fingerprint density at radius 1 is 1.60 bits per heavy atom. The van der Waals surface area contributed by atoms with Crippen molar-refractivity contribution in [1.29, 1.82) is 0 Å². The van der Waals surface area contributed by atoms with Crippen LogP contribution in [-0.2, 0) is 0 Å². The van der Waals surface area contributed by atoms with Crippen LogP contribution in [0, 0.1) is 11.7 Å². The third kappa shape index (κ3) is 3.66. The Bertz CT molecular complexity index is 480. The normalized spacial score (nSPS) is 19.1. The van der Waals surface area contributed by atoms with Gasteiger partial charge in [0.15, 0.2) is 0 Å². The average molecular weight is 280 g/mol. The van der Waals surface area contributed by atoms with E-state index in [1.807, 2.05) is 6.92 Å². The van der Waals surface area contributed by atoms with E-state index < -0.39 is 5.82 Å². The number of aromatic nitrogens is 1. The number of carbonyl (C=O) groups excluding carboxylic acids is 1. The number of nitrogens with one attached hydrogen (secondary N) is 2. The molecule has 0 aromatic carbocycles. The van der Waals surface area contributed by atoms with Crippen LogP contribution >= 0.6 is 0 Å². The Hall–Kier alpha value is -1.69. The first-order chi connectivity index (χ1) is 9.60. The number of rotatable bonds is 5. The number of hydrogen-bond donors (Lipinski definition) is 2. The van der Waals surface area contributed by atoms with Gasteiger partial charge in [-0.1, -0.05) is 0 Å². The molecule has 1 aromatic rings. The van der Waals surface area contributed by atoms with Crippen LogP contribution in [0.5, 0.6) is 0 Å². The maximum absolute atomic E-state index is 13.3. The second-order valence-corrected chi connectivity index (χ2v) is 5.21. The topological polar surface area (TPSA) is 57.3 Å². The van der Waals surface area contributed by atoms with Gasteiger partial charge in [-0.05, 0) is 38.9 Å². The second-order valence-electron chi connectivity index (χ2n) is 5.21. The third-order valence-corrected chi connectivity index (χ3v) is 3.48. The summed E-state index contributed by atoms with van der Waals surface area (Å²) in [5.74, 6) is 0.114. The van der Waals surface area contributed by atoms with Crippen molar-refractivity contribution in [1.82, 2.24) is 15.2 Å². The maximum Gasteiger partial charge on any atom is 0.255 e. The summed E-state index contributed by atoms with van der Waals surface area (Å²) in [7, 11) is 2.07. The molecule has 0 radical (unpaired) electrons. The number of pyridine rings is 1. The van der Waals surface area contributed by atoms with Gasteiger partial charge >= 0.3 is 0 Å². The molecule has 1 aliphatic rings. The summed E-state index contributed by atoms with van der Waals surface area (Å²) < 4.78 is 13.3. The van der Waals surface area contributed by atoms with Gasteiger partial charge in [-0.15, -0.1) is 0 Å². The summed E-state index contributed by atoms with van der Waals surface area (Å²) >= 11 is 0. The maximum atomic E-state index is 13.3. The van der Waals surface area contributed by atoms with Crippen molar-refractivity contribution in [2.75, 3.05) is 38.5 Å². The summed E-state index contributed by atoms with van der Waals surface area (Å²) in [5, 5.41) is 5.85. The van der Waals surface area contributed by atoms with E-state index in [-0.39, 0.29) is 11.5 Å². The Labute approximate surface area is 118 Å². The predicted octanol–water partition coefficient (Wildman–Crippen LogP) is 1.33. The second kappa shape index (κ2) is 6.65. The van der Waals surface area contributed by atoms with Gasteiger partial charge in [-0.3, -0.25) is 4.79 Å². The Morgan fingerprint density at radius 3 is 3.05 bits per heavy atom. The van der Waals surface area contributed by atoms with Crippen LogP contribution in [0.2, 0.25) is 0 Å². The minimum absolute atomic E-state index is 0.262. The fourth-order valence-electron chi connectivity index (χ4n) is 2.45. The van der Waals surface area contributed by atoms with Gasteiger partial charge in [0.25, 0.3) is 5.91 Å². The molecule has 2 rings (SSSR count). The number of halogens is 1. The molecule has 1 aromatic heterocycles. The molecule has 0 aliphatic carbocycles. The van der Waals surface area contributed by atoms with Gasteiger partial charge in [-0.2, -0.15) is 0 Å². The molecule has 0 spiro atoms. The molecular weight excluding hydrogens is 259 g/mol. The van der Waals surface area contributed by atoms with E-state index in [9.17, 15) is 9.18 Å². The summed E-state index contributed by atoms with van der Waals surface area (Å²) in [6.45, 7) is 5.20. The molecule has 5 nitrogen and oxygen atoms in total. The van der Waals surface area contributed by atoms with Crippen molar-refractivity contribution in [2.24, 2.45) is 5.92 Å². The van der Waals surface area contributed by atoms with Crippen LogP contribution in [0.1, 0.15) is 23.7 Å². The molecule has 1 aliphatic heterocycles. The predicted molar refractivity (Wildman–Crippen MR) is 76.3 cm³/mol. The molecule has 1 unspecified atom stereocenters. The summed E-state index contributed by atoms with van der Waals surface area (Å²) in [5.41, 5.74) is 0.262. The average Bonchev–Trinajstić information content (AvgIpc) is 2.84. The summed E-state index contributed by atoms with van der Waals surface area (Å²) in [6, 6.07) is 1.22. The molecule has 1 amide bonds. The molecule has 1 atom stereocenters. The van der Waals surface area contributed by atoms with Crippen molar-refractivity contribution in [3.63, 3.8) is 0 Å². The zero-order chi connectivity index (χ0) is 14.5. The SMILES string of the molecule is CCNc1ncc(F)cc1C(=O)NCC1CCN(C)C1. The molecule has 110 valence electrons. The van der Waals surface area contributed by atoms with Gasteiger partial charge in [0.1, 0.15) is 11.6 Å². The van der Waals surface area contributed by atoms with E-state index in [1.54, 1.807) is 0 Å². The van der Waals surface area contributed by atoms with Gasteiger partial charge in [0.2, 0.25) is 0 Å². The first kappa shape index (κ1) is 14.7. The van der Waals surface area contributed by atoms with Crippen LogP contribution in [0.3, 0.4) is 0 Å². The van der Waals surface area contributed by atoms with Crippen molar-refractivity contribution in [2.45, 2.75) is 13.3 Å². The highest BCUT2D eigenvalue weighted by Crippen LogP contribution is 2.15. The van der Waals surface area contributed by atoms with Gasteiger partial charge in [-0.25, -0.2) is 9.37 Å².